The van der Waals surface area contributed by atoms with Crippen LogP contribution in [0.1, 0.15) is 67.9 Å². The summed E-state index contributed by atoms with van der Waals surface area (Å²) in [5.41, 5.74) is -3.70. The van der Waals surface area contributed by atoms with Crippen molar-refractivity contribution >= 4 is 0 Å². The van der Waals surface area contributed by atoms with Crippen LogP contribution in [-0.2, 0) is 27.5 Å². The number of hydrogen-bond donors (Lipinski definition) is 0. The van der Waals surface area contributed by atoms with E-state index < -0.39 is 40.0 Å². The van der Waals surface area contributed by atoms with Crippen LogP contribution in [0.4, 0.5) is 26.3 Å². The third kappa shape index (κ3) is 6.84. The second-order valence-electron chi connectivity index (χ2n) is 9.08. The molecular formula is C26H28F6N2O4. The molecule has 2 atom stereocenters. The maximum Gasteiger partial charge on any atom is 0.416 e. The first-order valence-electron chi connectivity index (χ1n) is 12.0. The summed E-state index contributed by atoms with van der Waals surface area (Å²) in [6, 6.07) is 10.1. The first-order chi connectivity index (χ1) is 17.8. The molecule has 6 nitrogen and oxygen atoms in total. The highest BCUT2D eigenvalue weighted by atomic mass is 19.4. The van der Waals surface area contributed by atoms with Gasteiger partial charge in [0, 0.05) is 6.42 Å². The highest BCUT2D eigenvalue weighted by molar-refractivity contribution is 5.35. The van der Waals surface area contributed by atoms with E-state index in [9.17, 15) is 36.5 Å². The van der Waals surface area contributed by atoms with Crippen molar-refractivity contribution in [3.05, 3.63) is 92.8 Å². The zero-order valence-electron chi connectivity index (χ0n) is 20.8. The van der Waals surface area contributed by atoms with Crippen molar-refractivity contribution < 1.29 is 40.8 Å². The van der Waals surface area contributed by atoms with Crippen LogP contribution in [0, 0.1) is 10.1 Å². The van der Waals surface area contributed by atoms with E-state index in [-0.39, 0.29) is 43.4 Å². The van der Waals surface area contributed by atoms with Crippen LogP contribution in [0.15, 0.2) is 60.4 Å². The summed E-state index contributed by atoms with van der Waals surface area (Å²) < 4.78 is 86.1. The molecule has 208 valence electrons. The molecule has 12 heteroatoms. The molecule has 1 aliphatic heterocycles. The third-order valence-electron chi connectivity index (χ3n) is 6.41. The van der Waals surface area contributed by atoms with Gasteiger partial charge < -0.3 is 4.74 Å². The quantitative estimate of drug-likeness (QED) is 0.133. The largest absolute Gasteiger partial charge is 0.416 e. The molecule has 0 saturated heterocycles. The lowest BCUT2D eigenvalue weighted by Gasteiger charge is -2.44. The minimum atomic E-state index is -4.99. The van der Waals surface area contributed by atoms with Crippen LogP contribution in [0.3, 0.4) is 0 Å². The van der Waals surface area contributed by atoms with E-state index in [1.807, 2.05) is 6.92 Å². The topological polar surface area (TPSA) is 64.8 Å². The maximum absolute atomic E-state index is 13.4. The minimum absolute atomic E-state index is 0.0506. The average molecular weight is 547 g/mol. The fourth-order valence-electron chi connectivity index (χ4n) is 4.19. The van der Waals surface area contributed by atoms with Gasteiger partial charge in [0.1, 0.15) is 11.7 Å². The number of ether oxygens (including phenoxy) is 1. The van der Waals surface area contributed by atoms with Gasteiger partial charge in [0.05, 0.1) is 35.4 Å². The number of benzene rings is 2. The van der Waals surface area contributed by atoms with E-state index in [1.165, 1.54) is 18.2 Å². The number of unbranched alkanes of at least 4 members (excludes halogenated alkanes) is 1. The van der Waals surface area contributed by atoms with E-state index in [2.05, 4.69) is 0 Å². The van der Waals surface area contributed by atoms with Gasteiger partial charge in [0.2, 0.25) is 0 Å². The summed E-state index contributed by atoms with van der Waals surface area (Å²) in [5.74, 6) is 0. The number of alkyl halides is 6. The molecule has 0 amide bonds. The Hall–Kier alpha value is -3.12. The first-order valence-corrected chi connectivity index (χ1v) is 12.0. The first kappa shape index (κ1) is 29.4. The minimum Gasteiger partial charge on any atom is -0.371 e. The monoisotopic (exact) mass is 546 g/mol. The Balaban J connectivity index is 2.00. The molecule has 2 aromatic carbocycles. The molecule has 0 saturated carbocycles. The van der Waals surface area contributed by atoms with E-state index in [4.69, 9.17) is 9.57 Å². The summed E-state index contributed by atoms with van der Waals surface area (Å²) in [6.07, 6.45) is -8.21. The molecule has 0 radical (unpaired) electrons. The van der Waals surface area contributed by atoms with Crippen molar-refractivity contribution in [2.24, 2.45) is 0 Å². The lowest BCUT2D eigenvalue weighted by molar-refractivity contribution is -0.434. The fraction of sp³-hybridized carbons (Fsp3) is 0.462. The average Bonchev–Trinajstić information content (AvgIpc) is 2.87. The molecule has 2 aromatic rings. The van der Waals surface area contributed by atoms with Gasteiger partial charge in [0.15, 0.2) is 0 Å². The lowest BCUT2D eigenvalue weighted by atomic mass is 9.83. The summed E-state index contributed by atoms with van der Waals surface area (Å²) in [4.78, 5) is 16.9. The Morgan fingerprint density at radius 1 is 1.05 bits per heavy atom. The van der Waals surface area contributed by atoms with Crippen LogP contribution in [-0.4, -0.2) is 23.2 Å². The van der Waals surface area contributed by atoms with E-state index in [1.54, 1.807) is 30.3 Å². The van der Waals surface area contributed by atoms with E-state index in [0.717, 1.165) is 6.42 Å². The van der Waals surface area contributed by atoms with Crippen LogP contribution in [0.25, 0.3) is 0 Å². The van der Waals surface area contributed by atoms with Gasteiger partial charge >= 0.3 is 12.4 Å². The summed E-state index contributed by atoms with van der Waals surface area (Å²) in [7, 11) is 0. The molecule has 0 unspecified atom stereocenters. The fourth-order valence-corrected chi connectivity index (χ4v) is 4.19. The van der Waals surface area contributed by atoms with Crippen molar-refractivity contribution in [3.63, 3.8) is 0 Å². The Kier molecular flexibility index (Phi) is 9.09. The molecule has 0 fully saturated rings. The third-order valence-corrected chi connectivity index (χ3v) is 6.41. The number of nitrogens with zero attached hydrogens (tertiary/aromatic N) is 2. The Labute approximate surface area is 215 Å². The van der Waals surface area contributed by atoms with Crippen LogP contribution in [0.2, 0.25) is 0 Å². The zero-order chi connectivity index (χ0) is 28.1. The number of rotatable bonds is 10. The van der Waals surface area contributed by atoms with Gasteiger partial charge in [-0.1, -0.05) is 43.7 Å². The number of allylic oxidation sites excluding steroid dienone is 1. The molecule has 38 heavy (non-hydrogen) atoms. The van der Waals surface area contributed by atoms with Crippen LogP contribution in [0.5, 0.6) is 0 Å². The second kappa shape index (κ2) is 11.7. The number of hydrogen-bond acceptors (Lipinski definition) is 5. The van der Waals surface area contributed by atoms with Gasteiger partial charge in [-0.3, -0.25) is 15.0 Å². The Bertz CT molecular complexity index is 1100. The van der Waals surface area contributed by atoms with Crippen molar-refractivity contribution in [2.75, 3.05) is 13.2 Å². The second-order valence-corrected chi connectivity index (χ2v) is 9.08. The van der Waals surface area contributed by atoms with E-state index in [0.29, 0.717) is 24.1 Å². The molecule has 1 aliphatic rings. The standard InChI is InChI=1S/C26H28F6N2O4/c1-3-4-12-38-33-16-23(34(35)36)10-11-24(33,20-8-6-5-7-9-20)17-37-18(2)19-13-21(25(27,28)29)15-22(14-19)26(30,31)32/h5-9,13-16,18H,3-4,10-12,17H2,1-2H3/t18-,24-/m1/s1. The van der Waals surface area contributed by atoms with Crippen molar-refractivity contribution in [1.82, 2.24) is 5.06 Å². The van der Waals surface area contributed by atoms with Crippen molar-refractivity contribution in [2.45, 2.75) is 63.5 Å². The van der Waals surface area contributed by atoms with Gasteiger partial charge in [-0.25, -0.2) is 5.06 Å². The molecule has 0 spiro atoms. The van der Waals surface area contributed by atoms with Gasteiger partial charge in [-0.05, 0) is 49.1 Å². The normalized spacial score (nSPS) is 19.3. The number of hydroxylamine groups is 2. The number of nitro groups is 1. The predicted octanol–water partition coefficient (Wildman–Crippen LogP) is 7.64. The summed E-state index contributed by atoms with van der Waals surface area (Å²) >= 11 is 0. The summed E-state index contributed by atoms with van der Waals surface area (Å²) in [6.45, 7) is 3.32. The predicted molar refractivity (Wildman–Crippen MR) is 126 cm³/mol. The van der Waals surface area contributed by atoms with Crippen LogP contribution >= 0.6 is 0 Å². The zero-order valence-corrected chi connectivity index (χ0v) is 20.8. The lowest BCUT2D eigenvalue weighted by Crippen LogP contribution is -2.49. The maximum atomic E-state index is 13.4. The molecule has 0 bridgehead atoms. The van der Waals surface area contributed by atoms with Crippen LogP contribution < -0.4 is 0 Å². The van der Waals surface area contributed by atoms with Crippen molar-refractivity contribution in [1.29, 1.82) is 0 Å². The Morgan fingerprint density at radius 2 is 1.66 bits per heavy atom. The highest BCUT2D eigenvalue weighted by Gasteiger charge is 2.45. The number of halogens is 6. The SMILES string of the molecule is CCCCON1C=C([N+](=O)[O-])CC[C@@]1(CO[C@H](C)c1cc(C(F)(F)F)cc(C(F)(F)F)c1)c1ccccc1. The van der Waals surface area contributed by atoms with Gasteiger partial charge in [-0.15, -0.1) is 0 Å². The smallest absolute Gasteiger partial charge is 0.371 e. The molecule has 0 N–H and O–H groups in total. The summed E-state index contributed by atoms with van der Waals surface area (Å²) in [5, 5.41) is 12.8. The molecule has 0 aromatic heterocycles. The molecule has 3 rings (SSSR count). The highest BCUT2D eigenvalue weighted by Crippen LogP contribution is 2.42. The van der Waals surface area contributed by atoms with E-state index >= 15 is 0 Å². The van der Waals surface area contributed by atoms with Gasteiger partial charge in [-0.2, -0.15) is 26.3 Å². The molecule has 1 heterocycles. The Morgan fingerprint density at radius 3 is 2.18 bits per heavy atom. The molecule has 0 aliphatic carbocycles. The van der Waals surface area contributed by atoms with Crippen molar-refractivity contribution in [3.8, 4) is 0 Å². The molecular weight excluding hydrogens is 518 g/mol. The van der Waals surface area contributed by atoms with Gasteiger partial charge in [0.25, 0.3) is 5.70 Å².